The second-order valence-electron chi connectivity index (χ2n) is 2.85. The molecule has 1 atom stereocenters. The van der Waals surface area contributed by atoms with Crippen LogP contribution in [0.2, 0.25) is 0 Å². The molecule has 1 heterocycles. The van der Waals surface area contributed by atoms with Gasteiger partial charge in [0, 0.05) is 65.2 Å². The predicted molar refractivity (Wildman–Crippen MR) is 63.3 cm³/mol. The fraction of sp³-hybridized carbons (Fsp3) is 0.125. The Labute approximate surface area is 148 Å². The van der Waals surface area contributed by atoms with Crippen LogP contribution in [0.4, 0.5) is 8.78 Å². The molecule has 0 spiro atoms. The van der Waals surface area contributed by atoms with Gasteiger partial charge in [0.1, 0.15) is 5.75 Å². The molecular formula is C8H6F2N2Na2O3S. The second-order valence-corrected chi connectivity index (χ2v) is 3.73. The molecule has 2 rings (SSSR count). The monoisotopic (exact) mass is 294 g/mol. The van der Waals surface area contributed by atoms with Crippen molar-refractivity contribution in [2.24, 2.45) is 0 Å². The summed E-state index contributed by atoms with van der Waals surface area (Å²) in [6.45, 7) is -2.91. The molecule has 18 heavy (non-hydrogen) atoms. The van der Waals surface area contributed by atoms with Gasteiger partial charge in [0.2, 0.25) is 16.2 Å². The zero-order valence-corrected chi connectivity index (χ0v) is 14.5. The Bertz CT molecular complexity index is 552. The van der Waals surface area contributed by atoms with E-state index in [2.05, 4.69) is 14.7 Å². The van der Waals surface area contributed by atoms with Crippen LogP contribution in [0.3, 0.4) is 0 Å². The number of hydrogen-bond donors (Lipinski definition) is 2. The average molecular weight is 294 g/mol. The number of rotatable bonds is 3. The maximum absolute atomic E-state index is 11.9. The molecule has 0 fully saturated rings. The maximum Gasteiger partial charge on any atom is 0.387 e. The molecule has 0 saturated carbocycles. The van der Waals surface area contributed by atoms with Gasteiger partial charge < -0.3 is 9.72 Å². The minimum absolute atomic E-state index is 0. The Morgan fingerprint density at radius 1 is 1.39 bits per heavy atom. The molecule has 0 aliphatic rings. The normalized spacial score (nSPS) is 11.8. The number of ether oxygens (including phenoxy) is 1. The van der Waals surface area contributed by atoms with Crippen LogP contribution in [0.1, 0.15) is 0 Å². The quantitative estimate of drug-likeness (QED) is 0.654. The minimum atomic E-state index is -2.91. The van der Waals surface area contributed by atoms with E-state index in [9.17, 15) is 13.0 Å². The van der Waals surface area contributed by atoms with Gasteiger partial charge in [-0.25, -0.2) is 9.19 Å². The molecule has 2 N–H and O–H groups in total. The van der Waals surface area contributed by atoms with Crippen LogP contribution in [-0.4, -0.2) is 84.5 Å². The molecule has 2 aromatic rings. The smallest absolute Gasteiger partial charge is 0.387 e. The first kappa shape index (κ1) is 18.5. The van der Waals surface area contributed by atoms with Crippen molar-refractivity contribution in [3.63, 3.8) is 0 Å². The number of H-pyrrole nitrogens is 1. The van der Waals surface area contributed by atoms with Crippen LogP contribution < -0.4 is 4.74 Å². The van der Waals surface area contributed by atoms with Gasteiger partial charge >= 0.3 is 6.61 Å². The van der Waals surface area contributed by atoms with Crippen molar-refractivity contribution in [3.05, 3.63) is 18.2 Å². The van der Waals surface area contributed by atoms with E-state index >= 15 is 0 Å². The van der Waals surface area contributed by atoms with Crippen molar-refractivity contribution in [1.82, 2.24) is 9.97 Å². The summed E-state index contributed by atoms with van der Waals surface area (Å²) in [4.78, 5) is 6.31. The zero-order chi connectivity index (χ0) is 11.7. The Morgan fingerprint density at radius 2 is 2.06 bits per heavy atom. The van der Waals surface area contributed by atoms with E-state index in [1.165, 1.54) is 18.2 Å². The fourth-order valence-corrected chi connectivity index (χ4v) is 1.60. The van der Waals surface area contributed by atoms with Gasteiger partial charge in [-0.1, -0.05) is 0 Å². The Morgan fingerprint density at radius 3 is 2.61 bits per heavy atom. The third kappa shape index (κ3) is 4.53. The number of benzene rings is 1. The average Bonchev–Trinajstić information content (AvgIpc) is 2.59. The van der Waals surface area contributed by atoms with E-state index in [0.29, 0.717) is 11.0 Å². The second kappa shape index (κ2) is 7.91. The van der Waals surface area contributed by atoms with Gasteiger partial charge in [0.15, 0.2) is 0 Å². The summed E-state index contributed by atoms with van der Waals surface area (Å²) in [6, 6.07) is 4.00. The van der Waals surface area contributed by atoms with Crippen LogP contribution in [0.5, 0.6) is 5.75 Å². The zero-order valence-electron chi connectivity index (χ0n) is 9.68. The molecule has 88 valence electrons. The molecule has 5 nitrogen and oxygen atoms in total. The topological polar surface area (TPSA) is 75.2 Å². The minimum Gasteiger partial charge on any atom is -0.435 e. The summed E-state index contributed by atoms with van der Waals surface area (Å²) in [6.07, 6.45) is 0. The van der Waals surface area contributed by atoms with E-state index in [1.54, 1.807) is 0 Å². The Hall–Kier alpha value is 0.460. The Balaban J connectivity index is 0.00000144. The molecule has 1 aromatic carbocycles. The van der Waals surface area contributed by atoms with Crippen molar-refractivity contribution in [2.45, 2.75) is 11.8 Å². The summed E-state index contributed by atoms with van der Waals surface area (Å²) < 4.78 is 47.5. The van der Waals surface area contributed by atoms with Crippen LogP contribution in [0, 0.1) is 0 Å². The molecule has 1 unspecified atom stereocenters. The standard InChI is InChI=1S/C8H6F2N2O3S.2Na/c9-7(10)15-4-1-2-5-6(3-4)12-8(11-5)16(13)14;;/h1-3,7H,(H,11,12)(H,13,14);;. The molecule has 0 bridgehead atoms. The SMILES string of the molecule is O=S(O)c1nc2ccc(OC(F)F)cc2[nH]1.[Na].[Na]. The predicted octanol–water partition coefficient (Wildman–Crippen LogP) is 0.983. The number of fused-ring (bicyclic) bond motifs is 1. The van der Waals surface area contributed by atoms with E-state index < -0.39 is 17.7 Å². The number of aromatic amines is 1. The van der Waals surface area contributed by atoms with Gasteiger partial charge in [-0.05, 0) is 12.1 Å². The number of nitrogens with one attached hydrogen (secondary N) is 1. The van der Waals surface area contributed by atoms with Crippen LogP contribution in [-0.2, 0) is 11.1 Å². The van der Waals surface area contributed by atoms with Crippen molar-refractivity contribution >= 4 is 81.2 Å². The van der Waals surface area contributed by atoms with E-state index in [1.807, 2.05) is 0 Å². The molecule has 0 saturated heterocycles. The summed E-state index contributed by atoms with van der Waals surface area (Å²) in [5, 5.41) is -0.135. The van der Waals surface area contributed by atoms with Gasteiger partial charge in [-0.15, -0.1) is 0 Å². The molecule has 10 heteroatoms. The van der Waals surface area contributed by atoms with E-state index in [4.69, 9.17) is 4.55 Å². The summed E-state index contributed by atoms with van der Waals surface area (Å²) >= 11 is -2.23. The molecule has 0 aliphatic carbocycles. The first-order valence-corrected chi connectivity index (χ1v) is 5.22. The molecule has 0 amide bonds. The largest absolute Gasteiger partial charge is 0.435 e. The first-order chi connectivity index (χ1) is 7.56. The molecule has 0 aliphatic heterocycles. The summed E-state index contributed by atoms with van der Waals surface area (Å²) in [5.41, 5.74) is 0.759. The molecule has 1 aromatic heterocycles. The van der Waals surface area contributed by atoms with E-state index in [0.717, 1.165) is 0 Å². The fourth-order valence-electron chi connectivity index (χ4n) is 1.22. The van der Waals surface area contributed by atoms with Crippen molar-refractivity contribution < 1.29 is 22.3 Å². The van der Waals surface area contributed by atoms with Gasteiger partial charge in [0.05, 0.1) is 11.0 Å². The number of nitrogens with zero attached hydrogens (tertiary/aromatic N) is 1. The number of aromatic nitrogens is 2. The Kier molecular flexibility index (Phi) is 8.11. The number of imidazole rings is 1. The van der Waals surface area contributed by atoms with Crippen LogP contribution in [0.15, 0.2) is 23.4 Å². The van der Waals surface area contributed by atoms with Gasteiger partial charge in [0.25, 0.3) is 0 Å². The summed E-state index contributed by atoms with van der Waals surface area (Å²) in [7, 11) is 0. The van der Waals surface area contributed by atoms with Crippen molar-refractivity contribution in [2.75, 3.05) is 0 Å². The summed E-state index contributed by atoms with van der Waals surface area (Å²) in [5.74, 6) is -0.0403. The van der Waals surface area contributed by atoms with Crippen LogP contribution in [0.25, 0.3) is 11.0 Å². The van der Waals surface area contributed by atoms with Crippen molar-refractivity contribution in [1.29, 1.82) is 0 Å². The van der Waals surface area contributed by atoms with Gasteiger partial charge in [-0.3, -0.25) is 4.55 Å². The van der Waals surface area contributed by atoms with Gasteiger partial charge in [-0.2, -0.15) is 8.78 Å². The number of hydrogen-bond acceptors (Lipinski definition) is 3. The van der Waals surface area contributed by atoms with Crippen molar-refractivity contribution in [3.8, 4) is 5.75 Å². The third-order valence-electron chi connectivity index (χ3n) is 1.82. The number of halogens is 2. The third-order valence-corrected chi connectivity index (χ3v) is 2.35. The number of alkyl halides is 2. The maximum atomic E-state index is 11.9. The molecular weight excluding hydrogens is 288 g/mol. The first-order valence-electron chi connectivity index (χ1n) is 4.11. The van der Waals surface area contributed by atoms with E-state index in [-0.39, 0.29) is 70.0 Å². The molecule has 2 radical (unpaired) electrons. The van der Waals surface area contributed by atoms with Crippen LogP contribution >= 0.6 is 0 Å².